The zero-order chi connectivity index (χ0) is 12.5. The summed E-state index contributed by atoms with van der Waals surface area (Å²) in [5.74, 6) is 0.854. The van der Waals surface area contributed by atoms with E-state index >= 15 is 0 Å². The molecule has 98 valence electrons. The van der Waals surface area contributed by atoms with Gasteiger partial charge in [-0.05, 0) is 26.8 Å². The number of fused-ring (bicyclic) bond motifs is 2. The summed E-state index contributed by atoms with van der Waals surface area (Å²) < 4.78 is 5.83. The summed E-state index contributed by atoms with van der Waals surface area (Å²) in [6, 6.07) is 0. The van der Waals surface area contributed by atoms with Crippen LogP contribution in [0.25, 0.3) is 0 Å². The van der Waals surface area contributed by atoms with Crippen molar-refractivity contribution in [2.75, 3.05) is 25.0 Å². The summed E-state index contributed by atoms with van der Waals surface area (Å²) in [5.41, 5.74) is 2.23. The molecule has 0 aliphatic carbocycles. The molecule has 5 heteroatoms. The summed E-state index contributed by atoms with van der Waals surface area (Å²) in [4.78, 5) is 11.4. The molecule has 0 aromatic carbocycles. The van der Waals surface area contributed by atoms with Crippen molar-refractivity contribution in [3.63, 3.8) is 0 Å². The third kappa shape index (κ3) is 2.20. The highest BCUT2D eigenvalue weighted by Gasteiger charge is 2.34. The Hall–Kier alpha value is -1.20. The number of nitrogens with one attached hydrogen (secondary N) is 1. The third-order valence-electron chi connectivity index (χ3n) is 3.76. The van der Waals surface area contributed by atoms with Gasteiger partial charge in [-0.1, -0.05) is 0 Å². The van der Waals surface area contributed by atoms with E-state index in [1.807, 2.05) is 20.2 Å². The lowest BCUT2D eigenvalue weighted by atomic mass is 10.2. The van der Waals surface area contributed by atoms with Gasteiger partial charge >= 0.3 is 0 Å². The second kappa shape index (κ2) is 4.82. The fourth-order valence-electron chi connectivity index (χ4n) is 2.77. The molecule has 3 rings (SSSR count). The molecule has 5 nitrogen and oxygen atoms in total. The number of hydrogen-bond acceptors (Lipinski definition) is 5. The van der Waals surface area contributed by atoms with E-state index < -0.39 is 0 Å². The Balaban J connectivity index is 1.78. The maximum atomic E-state index is 5.83. The highest BCUT2D eigenvalue weighted by atomic mass is 16.5. The zero-order valence-corrected chi connectivity index (χ0v) is 11.0. The van der Waals surface area contributed by atoms with Crippen molar-refractivity contribution in [2.45, 2.75) is 38.5 Å². The van der Waals surface area contributed by atoms with Crippen LogP contribution >= 0.6 is 0 Å². The van der Waals surface area contributed by atoms with Gasteiger partial charge in [-0.15, -0.1) is 0 Å². The van der Waals surface area contributed by atoms with E-state index in [0.717, 1.165) is 36.8 Å². The summed E-state index contributed by atoms with van der Waals surface area (Å²) in [7, 11) is 1.94. The lowest BCUT2D eigenvalue weighted by Crippen LogP contribution is -2.43. The molecule has 2 unspecified atom stereocenters. The minimum absolute atomic E-state index is 0.379. The average molecular weight is 248 g/mol. The lowest BCUT2D eigenvalue weighted by Gasteiger charge is -2.32. The fraction of sp³-hybridized carbons (Fsp3) is 0.692. The van der Waals surface area contributed by atoms with Gasteiger partial charge in [0.15, 0.2) is 0 Å². The van der Waals surface area contributed by atoms with Crippen LogP contribution in [-0.2, 0) is 11.3 Å². The topological polar surface area (TPSA) is 50.3 Å². The molecular formula is C13H20N4O. The molecule has 2 saturated heterocycles. The van der Waals surface area contributed by atoms with Gasteiger partial charge in [0.25, 0.3) is 0 Å². The molecule has 1 N–H and O–H groups in total. The SMILES string of the molecule is CNCc1cnc(N2CC3CCC(C2)O3)nc1C. The Morgan fingerprint density at radius 3 is 2.72 bits per heavy atom. The zero-order valence-electron chi connectivity index (χ0n) is 11.0. The lowest BCUT2D eigenvalue weighted by molar-refractivity contribution is 0.0299. The second-order valence-corrected chi connectivity index (χ2v) is 5.17. The molecule has 0 saturated carbocycles. The number of nitrogens with zero attached hydrogens (tertiary/aromatic N) is 3. The minimum atomic E-state index is 0.379. The normalized spacial score (nSPS) is 26.7. The van der Waals surface area contributed by atoms with Crippen LogP contribution in [0.15, 0.2) is 6.20 Å². The Morgan fingerprint density at radius 2 is 2.11 bits per heavy atom. The van der Waals surface area contributed by atoms with Gasteiger partial charge in [-0.2, -0.15) is 0 Å². The van der Waals surface area contributed by atoms with Gasteiger partial charge in [0.1, 0.15) is 0 Å². The predicted octanol–water partition coefficient (Wildman–Crippen LogP) is 0.872. The molecule has 0 spiro atoms. The van der Waals surface area contributed by atoms with Crippen LogP contribution in [0.4, 0.5) is 5.95 Å². The second-order valence-electron chi connectivity index (χ2n) is 5.17. The molecule has 0 amide bonds. The number of rotatable bonds is 3. The Kier molecular flexibility index (Phi) is 3.18. The standard InChI is InChI=1S/C13H20N4O/c1-9-10(5-14-2)6-15-13(16-9)17-7-11-3-4-12(8-17)18-11/h6,11-12,14H,3-5,7-8H2,1-2H3. The van der Waals surface area contributed by atoms with Crippen LogP contribution in [0, 0.1) is 6.92 Å². The van der Waals surface area contributed by atoms with Crippen molar-refractivity contribution in [3.05, 3.63) is 17.5 Å². The molecule has 1 aromatic heterocycles. The monoisotopic (exact) mass is 248 g/mol. The first-order chi connectivity index (χ1) is 8.76. The van der Waals surface area contributed by atoms with E-state index in [4.69, 9.17) is 4.74 Å². The molecule has 3 heterocycles. The predicted molar refractivity (Wildman–Crippen MR) is 69.6 cm³/mol. The van der Waals surface area contributed by atoms with E-state index in [2.05, 4.69) is 20.2 Å². The fourth-order valence-corrected chi connectivity index (χ4v) is 2.77. The largest absolute Gasteiger partial charge is 0.371 e. The molecule has 18 heavy (non-hydrogen) atoms. The number of aryl methyl sites for hydroxylation is 1. The van der Waals surface area contributed by atoms with Crippen molar-refractivity contribution in [3.8, 4) is 0 Å². The van der Waals surface area contributed by atoms with Crippen molar-refractivity contribution in [2.24, 2.45) is 0 Å². The quantitative estimate of drug-likeness (QED) is 0.860. The molecule has 0 radical (unpaired) electrons. The van der Waals surface area contributed by atoms with E-state index in [0.29, 0.717) is 12.2 Å². The average Bonchev–Trinajstić information content (AvgIpc) is 2.71. The van der Waals surface area contributed by atoms with Gasteiger partial charge in [0.2, 0.25) is 5.95 Å². The maximum absolute atomic E-state index is 5.83. The molecule has 2 bridgehead atoms. The van der Waals surface area contributed by atoms with Crippen LogP contribution in [0.5, 0.6) is 0 Å². The first-order valence-corrected chi connectivity index (χ1v) is 6.64. The van der Waals surface area contributed by atoms with Crippen LogP contribution < -0.4 is 10.2 Å². The molecule has 2 aliphatic heterocycles. The number of aromatic nitrogens is 2. The molecule has 2 atom stereocenters. The van der Waals surface area contributed by atoms with Crippen LogP contribution in [0.2, 0.25) is 0 Å². The highest BCUT2D eigenvalue weighted by Crippen LogP contribution is 2.28. The maximum Gasteiger partial charge on any atom is 0.225 e. The van der Waals surface area contributed by atoms with Gasteiger partial charge in [0.05, 0.1) is 12.2 Å². The van der Waals surface area contributed by atoms with Crippen molar-refractivity contribution in [1.29, 1.82) is 0 Å². The first kappa shape index (κ1) is 11.9. The Bertz CT molecular complexity index is 425. The molecular weight excluding hydrogens is 228 g/mol. The van der Waals surface area contributed by atoms with E-state index in [1.54, 1.807) is 0 Å². The summed E-state index contributed by atoms with van der Waals surface area (Å²) >= 11 is 0. The van der Waals surface area contributed by atoms with Crippen LogP contribution in [0.3, 0.4) is 0 Å². The number of morpholine rings is 1. The smallest absolute Gasteiger partial charge is 0.225 e. The molecule has 2 fully saturated rings. The number of ether oxygens (including phenoxy) is 1. The van der Waals surface area contributed by atoms with E-state index in [-0.39, 0.29) is 0 Å². The Labute approximate surface area is 108 Å². The Morgan fingerprint density at radius 1 is 1.39 bits per heavy atom. The number of hydrogen-bond donors (Lipinski definition) is 1. The first-order valence-electron chi connectivity index (χ1n) is 6.64. The van der Waals surface area contributed by atoms with Crippen molar-refractivity contribution in [1.82, 2.24) is 15.3 Å². The van der Waals surface area contributed by atoms with E-state index in [9.17, 15) is 0 Å². The van der Waals surface area contributed by atoms with Gasteiger partial charge in [0, 0.05) is 37.1 Å². The molecule has 1 aromatic rings. The summed E-state index contributed by atoms with van der Waals surface area (Å²) in [5, 5.41) is 3.13. The summed E-state index contributed by atoms with van der Waals surface area (Å²) in [6.07, 6.45) is 5.05. The molecule has 2 aliphatic rings. The van der Waals surface area contributed by atoms with E-state index in [1.165, 1.54) is 12.8 Å². The van der Waals surface area contributed by atoms with Gasteiger partial charge in [-0.3, -0.25) is 0 Å². The number of anilines is 1. The highest BCUT2D eigenvalue weighted by molar-refractivity contribution is 5.34. The van der Waals surface area contributed by atoms with Crippen molar-refractivity contribution < 1.29 is 4.74 Å². The van der Waals surface area contributed by atoms with Gasteiger partial charge in [-0.25, -0.2) is 9.97 Å². The van der Waals surface area contributed by atoms with Crippen LogP contribution in [-0.4, -0.2) is 42.3 Å². The van der Waals surface area contributed by atoms with Crippen LogP contribution in [0.1, 0.15) is 24.1 Å². The van der Waals surface area contributed by atoms with Crippen molar-refractivity contribution >= 4 is 5.95 Å². The minimum Gasteiger partial charge on any atom is -0.371 e. The van der Waals surface area contributed by atoms with Gasteiger partial charge < -0.3 is 15.0 Å². The third-order valence-corrected chi connectivity index (χ3v) is 3.76. The summed E-state index contributed by atoms with van der Waals surface area (Å²) in [6.45, 7) is 4.73.